The SMILES string of the molecule is S=C(Nc1ccccc1)Nc1ccc(Br)c(Cl)c1. The van der Waals surface area contributed by atoms with Crippen LogP contribution in [0.3, 0.4) is 0 Å². The molecule has 2 nitrogen and oxygen atoms in total. The van der Waals surface area contributed by atoms with Gasteiger partial charge in [0.05, 0.1) is 5.02 Å². The molecule has 92 valence electrons. The Morgan fingerprint density at radius 1 is 1.00 bits per heavy atom. The highest BCUT2D eigenvalue weighted by molar-refractivity contribution is 9.10. The van der Waals surface area contributed by atoms with E-state index in [2.05, 4.69) is 26.6 Å². The number of hydrogen-bond donors (Lipinski definition) is 2. The molecule has 2 N–H and O–H groups in total. The van der Waals surface area contributed by atoms with Crippen molar-refractivity contribution < 1.29 is 0 Å². The van der Waals surface area contributed by atoms with E-state index in [1.54, 1.807) is 0 Å². The zero-order chi connectivity index (χ0) is 13.0. The molecule has 2 aromatic rings. The quantitative estimate of drug-likeness (QED) is 0.759. The van der Waals surface area contributed by atoms with Gasteiger partial charge in [0.1, 0.15) is 0 Å². The van der Waals surface area contributed by atoms with E-state index < -0.39 is 0 Å². The molecule has 0 aliphatic heterocycles. The predicted molar refractivity (Wildman–Crippen MR) is 85.4 cm³/mol. The normalized spacial score (nSPS) is 9.89. The molecule has 0 aliphatic rings. The van der Waals surface area contributed by atoms with Crippen LogP contribution in [-0.2, 0) is 0 Å². The molecule has 0 heterocycles. The average Bonchev–Trinajstić information content (AvgIpc) is 2.35. The lowest BCUT2D eigenvalue weighted by Crippen LogP contribution is -2.18. The summed E-state index contributed by atoms with van der Waals surface area (Å²) in [6.45, 7) is 0. The van der Waals surface area contributed by atoms with E-state index in [0.717, 1.165) is 15.8 Å². The summed E-state index contributed by atoms with van der Waals surface area (Å²) >= 11 is 14.6. The Balaban J connectivity index is 2.01. The Kier molecular flexibility index (Phi) is 4.58. The lowest BCUT2D eigenvalue weighted by molar-refractivity contribution is 1.58. The van der Waals surface area contributed by atoms with E-state index in [1.807, 2.05) is 48.5 Å². The van der Waals surface area contributed by atoms with Crippen molar-refractivity contribution in [3.8, 4) is 0 Å². The fourth-order valence-corrected chi connectivity index (χ4v) is 2.05. The monoisotopic (exact) mass is 340 g/mol. The van der Waals surface area contributed by atoms with Crippen LogP contribution in [0.4, 0.5) is 11.4 Å². The molecule has 2 rings (SSSR count). The van der Waals surface area contributed by atoms with Gasteiger partial charge in [0, 0.05) is 15.8 Å². The van der Waals surface area contributed by atoms with E-state index in [1.165, 1.54) is 0 Å². The van der Waals surface area contributed by atoms with Crippen LogP contribution >= 0.6 is 39.7 Å². The zero-order valence-electron chi connectivity index (χ0n) is 9.28. The van der Waals surface area contributed by atoms with Crippen molar-refractivity contribution in [3.05, 3.63) is 58.0 Å². The van der Waals surface area contributed by atoms with Crippen LogP contribution in [0, 0.1) is 0 Å². The molecule has 0 saturated heterocycles. The molecular weight excluding hydrogens is 332 g/mol. The number of nitrogens with one attached hydrogen (secondary N) is 2. The lowest BCUT2D eigenvalue weighted by Gasteiger charge is -2.11. The molecule has 0 aliphatic carbocycles. The number of para-hydroxylation sites is 1. The van der Waals surface area contributed by atoms with Gasteiger partial charge in [0.15, 0.2) is 5.11 Å². The fourth-order valence-electron chi connectivity index (χ4n) is 1.39. The predicted octanol–water partition coefficient (Wildman–Crippen LogP) is 4.91. The molecule has 0 spiro atoms. The van der Waals surface area contributed by atoms with Crippen molar-refractivity contribution in [1.82, 2.24) is 0 Å². The first-order valence-electron chi connectivity index (χ1n) is 5.23. The minimum Gasteiger partial charge on any atom is -0.332 e. The highest BCUT2D eigenvalue weighted by Gasteiger charge is 2.01. The molecule has 5 heteroatoms. The molecule has 0 aromatic heterocycles. The van der Waals surface area contributed by atoms with Gasteiger partial charge in [0.2, 0.25) is 0 Å². The summed E-state index contributed by atoms with van der Waals surface area (Å²) in [6, 6.07) is 15.3. The molecular formula is C13H10BrClN2S. The fraction of sp³-hybridized carbons (Fsp3) is 0. The summed E-state index contributed by atoms with van der Waals surface area (Å²) in [5.74, 6) is 0. The van der Waals surface area contributed by atoms with Gasteiger partial charge in [-0.25, -0.2) is 0 Å². The summed E-state index contributed by atoms with van der Waals surface area (Å²) in [5, 5.41) is 7.33. The largest absolute Gasteiger partial charge is 0.332 e. The number of thiocarbonyl (C=S) groups is 1. The van der Waals surface area contributed by atoms with E-state index in [4.69, 9.17) is 23.8 Å². The van der Waals surface area contributed by atoms with Crippen LogP contribution in [-0.4, -0.2) is 5.11 Å². The first-order valence-corrected chi connectivity index (χ1v) is 6.81. The van der Waals surface area contributed by atoms with Gasteiger partial charge in [-0.1, -0.05) is 29.8 Å². The second-order valence-corrected chi connectivity index (χ2v) is 5.24. The molecule has 0 saturated carbocycles. The van der Waals surface area contributed by atoms with Crippen molar-refractivity contribution in [2.45, 2.75) is 0 Å². The third-order valence-corrected chi connectivity index (χ3v) is 3.65. The maximum absolute atomic E-state index is 6.01. The molecule has 0 bridgehead atoms. The zero-order valence-corrected chi connectivity index (χ0v) is 12.4. The Morgan fingerprint density at radius 3 is 2.33 bits per heavy atom. The third-order valence-electron chi connectivity index (χ3n) is 2.21. The van der Waals surface area contributed by atoms with Crippen LogP contribution in [0.5, 0.6) is 0 Å². The second kappa shape index (κ2) is 6.18. The Bertz CT molecular complexity index is 560. The molecule has 0 fully saturated rings. The highest BCUT2D eigenvalue weighted by Crippen LogP contribution is 2.25. The molecule has 2 aromatic carbocycles. The summed E-state index contributed by atoms with van der Waals surface area (Å²) in [7, 11) is 0. The van der Waals surface area contributed by atoms with Gasteiger partial charge in [-0.05, 0) is 58.5 Å². The maximum Gasteiger partial charge on any atom is 0.175 e. The third kappa shape index (κ3) is 3.70. The van der Waals surface area contributed by atoms with E-state index in [-0.39, 0.29) is 0 Å². The minimum absolute atomic E-state index is 0.527. The van der Waals surface area contributed by atoms with Crippen LogP contribution in [0.25, 0.3) is 0 Å². The summed E-state index contributed by atoms with van der Waals surface area (Å²) in [4.78, 5) is 0. The number of hydrogen-bond acceptors (Lipinski definition) is 1. The Labute approximate surface area is 124 Å². The maximum atomic E-state index is 6.01. The molecule has 0 unspecified atom stereocenters. The standard InChI is InChI=1S/C13H10BrClN2S/c14-11-7-6-10(8-12(11)15)17-13(18)16-9-4-2-1-3-5-9/h1-8H,(H2,16,17,18). The van der Waals surface area contributed by atoms with Crippen molar-refractivity contribution >= 4 is 56.2 Å². The van der Waals surface area contributed by atoms with Crippen molar-refractivity contribution in [1.29, 1.82) is 0 Å². The van der Waals surface area contributed by atoms with Crippen LogP contribution in [0.2, 0.25) is 5.02 Å². The van der Waals surface area contributed by atoms with Crippen LogP contribution in [0.15, 0.2) is 53.0 Å². The molecule has 18 heavy (non-hydrogen) atoms. The van der Waals surface area contributed by atoms with Crippen molar-refractivity contribution in [2.75, 3.05) is 10.6 Å². The average molecular weight is 342 g/mol. The molecule has 0 radical (unpaired) electrons. The number of halogens is 2. The van der Waals surface area contributed by atoms with Gasteiger partial charge in [-0.15, -0.1) is 0 Å². The van der Waals surface area contributed by atoms with E-state index >= 15 is 0 Å². The van der Waals surface area contributed by atoms with Crippen molar-refractivity contribution in [3.63, 3.8) is 0 Å². The Morgan fingerprint density at radius 2 is 1.67 bits per heavy atom. The minimum atomic E-state index is 0.527. The van der Waals surface area contributed by atoms with Gasteiger partial charge in [0.25, 0.3) is 0 Å². The number of benzene rings is 2. The smallest absolute Gasteiger partial charge is 0.175 e. The second-order valence-electron chi connectivity index (χ2n) is 3.57. The molecule has 0 atom stereocenters. The number of rotatable bonds is 2. The lowest BCUT2D eigenvalue weighted by atomic mass is 10.3. The summed E-state index contributed by atoms with van der Waals surface area (Å²) in [5.41, 5.74) is 1.79. The van der Waals surface area contributed by atoms with Crippen LogP contribution < -0.4 is 10.6 Å². The van der Waals surface area contributed by atoms with Crippen molar-refractivity contribution in [2.24, 2.45) is 0 Å². The summed E-state index contributed by atoms with van der Waals surface area (Å²) in [6.07, 6.45) is 0. The van der Waals surface area contributed by atoms with Gasteiger partial charge < -0.3 is 10.6 Å². The topological polar surface area (TPSA) is 24.1 Å². The first kappa shape index (κ1) is 13.3. The molecule has 0 amide bonds. The number of anilines is 2. The van der Waals surface area contributed by atoms with E-state index in [9.17, 15) is 0 Å². The van der Waals surface area contributed by atoms with Crippen LogP contribution in [0.1, 0.15) is 0 Å². The summed E-state index contributed by atoms with van der Waals surface area (Å²) < 4.78 is 0.858. The van der Waals surface area contributed by atoms with Gasteiger partial charge in [-0.2, -0.15) is 0 Å². The van der Waals surface area contributed by atoms with Gasteiger partial charge >= 0.3 is 0 Å². The van der Waals surface area contributed by atoms with E-state index in [0.29, 0.717) is 10.1 Å². The first-order chi connectivity index (χ1) is 8.65. The Hall–Kier alpha value is -1.10. The van der Waals surface area contributed by atoms with Gasteiger partial charge in [-0.3, -0.25) is 0 Å². The highest BCUT2D eigenvalue weighted by atomic mass is 79.9.